The van der Waals surface area contributed by atoms with Crippen molar-refractivity contribution in [2.45, 2.75) is 39.0 Å². The number of nitrogens with two attached hydrogens (primary N) is 1. The van der Waals surface area contributed by atoms with Crippen molar-refractivity contribution in [1.29, 1.82) is 0 Å². The van der Waals surface area contributed by atoms with Crippen LogP contribution in [0.5, 0.6) is 0 Å². The molecule has 4 heteroatoms. The van der Waals surface area contributed by atoms with Gasteiger partial charge in [-0.15, -0.1) is 0 Å². The molecule has 0 saturated carbocycles. The summed E-state index contributed by atoms with van der Waals surface area (Å²) in [4.78, 5) is 4.11. The van der Waals surface area contributed by atoms with Crippen molar-refractivity contribution in [1.82, 2.24) is 10.1 Å². The van der Waals surface area contributed by atoms with Gasteiger partial charge in [0.1, 0.15) is 5.76 Å². The smallest absolute Gasteiger partial charge is 0.175 e. The quantitative estimate of drug-likeness (QED) is 0.792. The van der Waals surface area contributed by atoms with Crippen molar-refractivity contribution in [3.63, 3.8) is 0 Å². The predicted molar refractivity (Wildman–Crippen MR) is 72.0 cm³/mol. The minimum Gasteiger partial charge on any atom is -0.380 e. The van der Waals surface area contributed by atoms with Gasteiger partial charge >= 0.3 is 0 Å². The number of hydrogen-bond acceptors (Lipinski definition) is 4. The van der Waals surface area contributed by atoms with Gasteiger partial charge in [0.25, 0.3) is 0 Å². The van der Waals surface area contributed by atoms with Crippen LogP contribution in [0.4, 0.5) is 5.82 Å². The van der Waals surface area contributed by atoms with E-state index in [9.17, 15) is 0 Å². The van der Waals surface area contributed by atoms with E-state index in [1.165, 1.54) is 19.3 Å². The standard InChI is InChI=1S/C14H19N3O/c1-2-3-4-5-8-12-13(14(15)17-18-12)11-7-6-9-16-10-11/h6-7,9-10H,2-5,8H2,1H3,(H2,15,17). The van der Waals surface area contributed by atoms with Crippen molar-refractivity contribution in [2.75, 3.05) is 5.73 Å². The van der Waals surface area contributed by atoms with Gasteiger partial charge in [-0.05, 0) is 12.5 Å². The Morgan fingerprint density at radius 2 is 2.17 bits per heavy atom. The van der Waals surface area contributed by atoms with Gasteiger partial charge in [-0.2, -0.15) is 0 Å². The Hall–Kier alpha value is -1.84. The van der Waals surface area contributed by atoms with Crippen molar-refractivity contribution in [3.8, 4) is 11.1 Å². The molecule has 0 saturated heterocycles. The van der Waals surface area contributed by atoms with Crippen molar-refractivity contribution < 1.29 is 4.52 Å². The number of unbranched alkanes of at least 4 members (excludes halogenated alkanes) is 3. The lowest BCUT2D eigenvalue weighted by molar-refractivity contribution is 0.382. The Morgan fingerprint density at radius 3 is 2.89 bits per heavy atom. The predicted octanol–water partition coefficient (Wildman–Crippen LogP) is 3.44. The van der Waals surface area contributed by atoms with E-state index in [0.29, 0.717) is 5.82 Å². The minimum atomic E-state index is 0.452. The number of nitrogens with zero attached hydrogens (tertiary/aromatic N) is 2. The molecular weight excluding hydrogens is 226 g/mol. The molecule has 0 radical (unpaired) electrons. The first-order valence-electron chi connectivity index (χ1n) is 6.47. The first kappa shape index (κ1) is 12.6. The highest BCUT2D eigenvalue weighted by Gasteiger charge is 2.15. The van der Waals surface area contributed by atoms with E-state index in [1.54, 1.807) is 12.4 Å². The van der Waals surface area contributed by atoms with E-state index >= 15 is 0 Å². The Morgan fingerprint density at radius 1 is 1.28 bits per heavy atom. The highest BCUT2D eigenvalue weighted by molar-refractivity contribution is 5.74. The fraction of sp³-hybridized carbons (Fsp3) is 0.429. The summed E-state index contributed by atoms with van der Waals surface area (Å²) in [7, 11) is 0. The third kappa shape index (κ3) is 2.88. The summed E-state index contributed by atoms with van der Waals surface area (Å²) < 4.78 is 5.33. The van der Waals surface area contributed by atoms with Gasteiger partial charge in [-0.3, -0.25) is 4.98 Å². The summed E-state index contributed by atoms with van der Waals surface area (Å²) in [6.45, 7) is 2.20. The molecule has 2 aromatic heterocycles. The second-order valence-electron chi connectivity index (χ2n) is 4.42. The molecule has 4 nitrogen and oxygen atoms in total. The Kier molecular flexibility index (Phi) is 4.34. The van der Waals surface area contributed by atoms with E-state index in [2.05, 4.69) is 17.1 Å². The van der Waals surface area contributed by atoms with Crippen LogP contribution in [0.15, 0.2) is 29.0 Å². The summed E-state index contributed by atoms with van der Waals surface area (Å²) >= 11 is 0. The number of nitrogen functional groups attached to an aromatic ring is 1. The average Bonchev–Trinajstić information content (AvgIpc) is 2.77. The molecule has 0 unspecified atom stereocenters. The van der Waals surface area contributed by atoms with E-state index in [0.717, 1.165) is 29.7 Å². The van der Waals surface area contributed by atoms with Gasteiger partial charge in [0.2, 0.25) is 0 Å². The van der Waals surface area contributed by atoms with Crippen LogP contribution in [0.25, 0.3) is 11.1 Å². The summed E-state index contributed by atoms with van der Waals surface area (Å²) in [5.41, 5.74) is 7.75. The molecule has 0 bridgehead atoms. The molecule has 2 N–H and O–H groups in total. The molecule has 0 amide bonds. The fourth-order valence-corrected chi connectivity index (χ4v) is 2.04. The van der Waals surface area contributed by atoms with Gasteiger partial charge in [0, 0.05) is 24.4 Å². The van der Waals surface area contributed by atoms with Crippen LogP contribution < -0.4 is 5.73 Å². The minimum absolute atomic E-state index is 0.452. The third-order valence-corrected chi connectivity index (χ3v) is 3.00. The van der Waals surface area contributed by atoms with Crippen LogP contribution >= 0.6 is 0 Å². The molecule has 96 valence electrons. The maximum Gasteiger partial charge on any atom is 0.175 e. The van der Waals surface area contributed by atoms with Gasteiger partial charge in [-0.25, -0.2) is 0 Å². The van der Waals surface area contributed by atoms with Crippen molar-refractivity contribution in [3.05, 3.63) is 30.3 Å². The molecule has 0 fully saturated rings. The van der Waals surface area contributed by atoms with E-state index in [1.807, 2.05) is 12.1 Å². The van der Waals surface area contributed by atoms with Gasteiger partial charge in [0.05, 0.1) is 5.56 Å². The van der Waals surface area contributed by atoms with Gasteiger partial charge < -0.3 is 10.3 Å². The Bertz CT molecular complexity index is 479. The number of rotatable bonds is 6. The van der Waals surface area contributed by atoms with Gasteiger partial charge in [0.15, 0.2) is 5.82 Å². The van der Waals surface area contributed by atoms with Crippen LogP contribution in [-0.2, 0) is 6.42 Å². The molecular formula is C14H19N3O. The van der Waals surface area contributed by atoms with E-state index < -0.39 is 0 Å². The summed E-state index contributed by atoms with van der Waals surface area (Å²) in [5.74, 6) is 1.32. The Labute approximate surface area is 107 Å². The third-order valence-electron chi connectivity index (χ3n) is 3.00. The summed E-state index contributed by atoms with van der Waals surface area (Å²) in [6.07, 6.45) is 9.22. The number of pyridine rings is 1. The largest absolute Gasteiger partial charge is 0.380 e. The molecule has 0 aliphatic heterocycles. The zero-order valence-electron chi connectivity index (χ0n) is 10.7. The van der Waals surface area contributed by atoms with Crippen LogP contribution in [0.1, 0.15) is 38.4 Å². The van der Waals surface area contributed by atoms with Crippen LogP contribution in [0, 0.1) is 0 Å². The second kappa shape index (κ2) is 6.19. The molecule has 0 aliphatic rings. The Balaban J connectivity index is 2.12. The second-order valence-corrected chi connectivity index (χ2v) is 4.42. The molecule has 2 rings (SSSR count). The topological polar surface area (TPSA) is 64.9 Å². The van der Waals surface area contributed by atoms with Crippen LogP contribution in [-0.4, -0.2) is 10.1 Å². The summed E-state index contributed by atoms with van der Waals surface area (Å²) in [6, 6.07) is 3.87. The SMILES string of the molecule is CCCCCCc1onc(N)c1-c1cccnc1. The van der Waals surface area contributed by atoms with E-state index in [4.69, 9.17) is 10.3 Å². The molecule has 18 heavy (non-hydrogen) atoms. The molecule has 0 aromatic carbocycles. The lowest BCUT2D eigenvalue weighted by atomic mass is 10.0. The first-order valence-corrected chi connectivity index (χ1v) is 6.47. The molecule has 0 aliphatic carbocycles. The maximum absolute atomic E-state index is 5.87. The maximum atomic E-state index is 5.87. The van der Waals surface area contributed by atoms with Crippen molar-refractivity contribution >= 4 is 5.82 Å². The zero-order valence-corrected chi connectivity index (χ0v) is 10.7. The number of anilines is 1. The number of hydrogen-bond donors (Lipinski definition) is 1. The van der Waals surface area contributed by atoms with Crippen molar-refractivity contribution in [2.24, 2.45) is 0 Å². The first-order chi connectivity index (χ1) is 8.83. The number of aromatic nitrogens is 2. The van der Waals surface area contributed by atoms with E-state index in [-0.39, 0.29) is 0 Å². The zero-order chi connectivity index (χ0) is 12.8. The van der Waals surface area contributed by atoms with Crippen LogP contribution in [0.2, 0.25) is 0 Å². The molecule has 2 heterocycles. The monoisotopic (exact) mass is 245 g/mol. The molecule has 0 spiro atoms. The normalized spacial score (nSPS) is 10.7. The van der Waals surface area contributed by atoms with Gasteiger partial charge in [-0.1, -0.05) is 37.4 Å². The molecule has 0 atom stereocenters. The molecule has 2 aromatic rings. The van der Waals surface area contributed by atoms with Crippen LogP contribution in [0.3, 0.4) is 0 Å². The average molecular weight is 245 g/mol. The highest BCUT2D eigenvalue weighted by Crippen LogP contribution is 2.29. The summed E-state index contributed by atoms with van der Waals surface area (Å²) in [5, 5.41) is 3.87. The number of aryl methyl sites for hydroxylation is 1. The lowest BCUT2D eigenvalue weighted by Gasteiger charge is -2.02. The highest BCUT2D eigenvalue weighted by atomic mass is 16.5. The fourth-order valence-electron chi connectivity index (χ4n) is 2.04. The lowest BCUT2D eigenvalue weighted by Crippen LogP contribution is -1.91.